The van der Waals surface area contributed by atoms with Crippen molar-refractivity contribution in [2.24, 2.45) is 5.92 Å². The second kappa shape index (κ2) is 7.85. The number of rotatable bonds is 6. The highest BCUT2D eigenvalue weighted by molar-refractivity contribution is 7.25. The Bertz CT molecular complexity index is 987. The molecule has 0 bridgehead atoms. The Morgan fingerprint density at radius 1 is 0.963 bits per heavy atom. The van der Waals surface area contributed by atoms with Crippen LogP contribution in [0.15, 0.2) is 36.4 Å². The average Bonchev–Trinajstić information content (AvgIpc) is 3.31. The number of hydrogen-bond donors (Lipinski definition) is 0. The molecule has 0 saturated heterocycles. The van der Waals surface area contributed by atoms with Crippen LogP contribution in [0.1, 0.15) is 32.6 Å². The van der Waals surface area contributed by atoms with E-state index in [9.17, 15) is 8.78 Å². The van der Waals surface area contributed by atoms with Crippen molar-refractivity contribution in [1.29, 1.82) is 0 Å². The van der Waals surface area contributed by atoms with E-state index in [4.69, 9.17) is 9.47 Å². The number of allylic oxidation sites excluding steroid dienone is 1. The van der Waals surface area contributed by atoms with E-state index in [-0.39, 0.29) is 11.5 Å². The fourth-order valence-electron chi connectivity index (χ4n) is 3.64. The van der Waals surface area contributed by atoms with Gasteiger partial charge in [0.2, 0.25) is 0 Å². The lowest BCUT2D eigenvalue weighted by atomic mass is 10.1. The molecule has 4 rings (SSSR count). The van der Waals surface area contributed by atoms with Crippen LogP contribution in [0.4, 0.5) is 8.78 Å². The molecule has 1 aliphatic rings. The zero-order valence-corrected chi connectivity index (χ0v) is 16.1. The lowest BCUT2D eigenvalue weighted by molar-refractivity contribution is 0.243. The van der Waals surface area contributed by atoms with Gasteiger partial charge in [0, 0.05) is 10.8 Å². The summed E-state index contributed by atoms with van der Waals surface area (Å²) < 4.78 is 41.9. The van der Waals surface area contributed by atoms with Crippen LogP contribution in [0.3, 0.4) is 0 Å². The van der Waals surface area contributed by atoms with Gasteiger partial charge in [-0.3, -0.25) is 0 Å². The molecule has 2 aromatic carbocycles. The number of halogens is 2. The first kappa shape index (κ1) is 18.2. The van der Waals surface area contributed by atoms with Crippen molar-refractivity contribution >= 4 is 31.5 Å². The van der Waals surface area contributed by atoms with Gasteiger partial charge >= 0.3 is 0 Å². The highest BCUT2D eigenvalue weighted by Crippen LogP contribution is 2.42. The van der Waals surface area contributed by atoms with Crippen molar-refractivity contribution in [3.05, 3.63) is 48.1 Å². The van der Waals surface area contributed by atoms with Crippen LogP contribution in [-0.4, -0.2) is 13.2 Å². The second-order valence-electron chi connectivity index (χ2n) is 6.95. The van der Waals surface area contributed by atoms with Gasteiger partial charge in [0.05, 0.1) is 16.0 Å². The van der Waals surface area contributed by atoms with Crippen LogP contribution in [0, 0.1) is 17.6 Å². The summed E-state index contributed by atoms with van der Waals surface area (Å²) in [5, 5.41) is 1.41. The van der Waals surface area contributed by atoms with Crippen molar-refractivity contribution in [2.45, 2.75) is 32.6 Å². The SMILES string of the molecule is C/C=C/COc1ccc2c(sc3c(F)c(OCC4CCCC4)ccc32)c1F. The molecule has 1 saturated carbocycles. The number of thiophene rings is 1. The highest BCUT2D eigenvalue weighted by atomic mass is 32.1. The van der Waals surface area contributed by atoms with Crippen molar-refractivity contribution in [2.75, 3.05) is 13.2 Å². The lowest BCUT2D eigenvalue weighted by Gasteiger charge is -2.12. The first-order valence-electron chi connectivity index (χ1n) is 9.39. The summed E-state index contributed by atoms with van der Waals surface area (Å²) in [6.45, 7) is 2.73. The third-order valence-electron chi connectivity index (χ3n) is 5.14. The molecule has 1 aromatic heterocycles. The molecular formula is C22H22F2O2S. The van der Waals surface area contributed by atoms with Gasteiger partial charge in [0.15, 0.2) is 23.1 Å². The van der Waals surface area contributed by atoms with E-state index in [2.05, 4.69) is 0 Å². The molecule has 1 fully saturated rings. The van der Waals surface area contributed by atoms with Gasteiger partial charge in [-0.05, 0) is 49.9 Å². The van der Waals surface area contributed by atoms with E-state index in [1.165, 1.54) is 12.8 Å². The highest BCUT2D eigenvalue weighted by Gasteiger charge is 2.20. The van der Waals surface area contributed by atoms with Crippen LogP contribution in [-0.2, 0) is 0 Å². The number of benzene rings is 2. The maximum Gasteiger partial charge on any atom is 0.182 e. The normalized spacial score (nSPS) is 15.4. The minimum atomic E-state index is -0.439. The topological polar surface area (TPSA) is 18.5 Å². The van der Waals surface area contributed by atoms with Crippen LogP contribution < -0.4 is 9.47 Å². The molecule has 1 aliphatic carbocycles. The molecule has 2 nitrogen and oxygen atoms in total. The zero-order valence-electron chi connectivity index (χ0n) is 15.3. The van der Waals surface area contributed by atoms with Crippen LogP contribution in [0.25, 0.3) is 20.2 Å². The maximum absolute atomic E-state index is 15.0. The van der Waals surface area contributed by atoms with Gasteiger partial charge in [0.25, 0.3) is 0 Å². The van der Waals surface area contributed by atoms with E-state index in [1.54, 1.807) is 18.2 Å². The monoisotopic (exact) mass is 388 g/mol. The molecule has 0 unspecified atom stereocenters. The Kier molecular flexibility index (Phi) is 5.30. The van der Waals surface area contributed by atoms with Gasteiger partial charge in [-0.1, -0.05) is 25.0 Å². The third kappa shape index (κ3) is 3.53. The average molecular weight is 388 g/mol. The fourth-order valence-corrected chi connectivity index (χ4v) is 4.80. The predicted molar refractivity (Wildman–Crippen MR) is 107 cm³/mol. The van der Waals surface area contributed by atoms with Crippen LogP contribution in [0.2, 0.25) is 0 Å². The first-order chi connectivity index (χ1) is 13.2. The maximum atomic E-state index is 15.0. The lowest BCUT2D eigenvalue weighted by Crippen LogP contribution is -2.08. The first-order valence-corrected chi connectivity index (χ1v) is 10.2. The van der Waals surface area contributed by atoms with Gasteiger partial charge in [-0.15, -0.1) is 11.3 Å². The molecule has 0 atom stereocenters. The number of hydrogen-bond acceptors (Lipinski definition) is 3. The Labute approximate surface area is 161 Å². The molecule has 5 heteroatoms. The van der Waals surface area contributed by atoms with Crippen LogP contribution in [0.5, 0.6) is 11.5 Å². The molecule has 1 heterocycles. The minimum absolute atomic E-state index is 0.185. The Morgan fingerprint density at radius 2 is 1.56 bits per heavy atom. The standard InChI is InChI=1S/C22H22F2O2S/c1-2-3-12-25-17-10-8-15-16-9-11-18(26-13-14-6-4-5-7-14)20(24)22(16)27-21(15)19(17)23/h2-3,8-11,14H,4-7,12-13H2,1H3/b3-2+. The fraction of sp³-hybridized carbons (Fsp3) is 0.364. The Hall–Kier alpha value is -2.14. The molecule has 0 amide bonds. The van der Waals surface area contributed by atoms with Crippen molar-refractivity contribution < 1.29 is 18.3 Å². The zero-order chi connectivity index (χ0) is 18.8. The molecule has 0 spiro atoms. The smallest absolute Gasteiger partial charge is 0.182 e. The third-order valence-corrected chi connectivity index (χ3v) is 6.34. The molecule has 0 aliphatic heterocycles. The quantitative estimate of drug-likeness (QED) is 0.430. The molecule has 0 N–H and O–H groups in total. The van der Waals surface area contributed by atoms with Crippen molar-refractivity contribution in [3.63, 3.8) is 0 Å². The Balaban J connectivity index is 1.67. The van der Waals surface area contributed by atoms with Gasteiger partial charge in [0.1, 0.15) is 6.61 Å². The van der Waals surface area contributed by atoms with E-state index >= 15 is 0 Å². The summed E-state index contributed by atoms with van der Waals surface area (Å²) in [5.74, 6) is 0.113. The van der Waals surface area contributed by atoms with Crippen molar-refractivity contribution in [3.8, 4) is 11.5 Å². The summed E-state index contributed by atoms with van der Waals surface area (Å²) in [6.07, 6.45) is 8.40. The minimum Gasteiger partial charge on any atom is -0.490 e. The molecule has 27 heavy (non-hydrogen) atoms. The van der Waals surface area contributed by atoms with E-state index in [0.29, 0.717) is 39.3 Å². The van der Waals surface area contributed by atoms with E-state index < -0.39 is 11.6 Å². The Morgan fingerprint density at radius 3 is 2.15 bits per heavy atom. The summed E-state index contributed by atoms with van der Waals surface area (Å²) in [5.41, 5.74) is 0. The predicted octanol–water partition coefficient (Wildman–Crippen LogP) is 6.86. The summed E-state index contributed by atoms with van der Waals surface area (Å²) in [6, 6.07) is 6.88. The van der Waals surface area contributed by atoms with Gasteiger partial charge in [-0.25, -0.2) is 8.78 Å². The summed E-state index contributed by atoms with van der Waals surface area (Å²) in [4.78, 5) is 0. The van der Waals surface area contributed by atoms with Gasteiger partial charge < -0.3 is 9.47 Å². The van der Waals surface area contributed by atoms with E-state index in [1.807, 2.05) is 25.1 Å². The largest absolute Gasteiger partial charge is 0.490 e. The molecule has 142 valence electrons. The molecular weight excluding hydrogens is 366 g/mol. The summed E-state index contributed by atoms with van der Waals surface area (Å²) in [7, 11) is 0. The van der Waals surface area contributed by atoms with Crippen LogP contribution >= 0.6 is 11.3 Å². The molecule has 0 radical (unpaired) electrons. The van der Waals surface area contributed by atoms with Gasteiger partial charge in [-0.2, -0.15) is 0 Å². The molecule has 3 aromatic rings. The number of fused-ring (bicyclic) bond motifs is 3. The van der Waals surface area contributed by atoms with E-state index in [0.717, 1.165) is 24.2 Å². The second-order valence-corrected chi connectivity index (χ2v) is 7.97. The summed E-state index contributed by atoms with van der Waals surface area (Å²) >= 11 is 1.11. The van der Waals surface area contributed by atoms with Crippen molar-refractivity contribution in [1.82, 2.24) is 0 Å². The number of ether oxygens (including phenoxy) is 2.